The Kier molecular flexibility index (Phi) is 6.43. The van der Waals surface area contributed by atoms with E-state index in [4.69, 9.17) is 14.2 Å². The summed E-state index contributed by atoms with van der Waals surface area (Å²) in [7, 11) is 0. The zero-order valence-corrected chi connectivity index (χ0v) is 20.8. The molecule has 0 spiro atoms. The molecule has 0 saturated heterocycles. The van der Waals surface area contributed by atoms with Crippen LogP contribution < -0.4 is 0 Å². The molecule has 184 valence electrons. The van der Waals surface area contributed by atoms with Gasteiger partial charge < -0.3 is 14.2 Å². The van der Waals surface area contributed by atoms with Crippen LogP contribution in [-0.2, 0) is 23.8 Å². The molecule has 6 heteroatoms. The second-order valence-electron chi connectivity index (χ2n) is 11.4. The summed E-state index contributed by atoms with van der Waals surface area (Å²) in [4.78, 5) is 23.3. The number of fused-ring (bicyclic) bond motifs is 5. The Morgan fingerprint density at radius 2 is 1.94 bits per heavy atom. The van der Waals surface area contributed by atoms with E-state index >= 15 is 4.39 Å². The SMILES string of the molecule is CCC(=O)OC(C)(COC(C)=O)OC1=CC2=C(F)C[C@H]3[C@@H]4CCC[C@@]4(C)CC[C@@H]3[C@@]2(C)CC1. The second kappa shape index (κ2) is 8.74. The highest BCUT2D eigenvalue weighted by Crippen LogP contribution is 2.65. The molecule has 0 radical (unpaired) electrons. The van der Waals surface area contributed by atoms with E-state index in [2.05, 4.69) is 13.8 Å². The number of rotatable bonds is 6. The highest BCUT2D eigenvalue weighted by molar-refractivity contribution is 5.69. The predicted molar refractivity (Wildman–Crippen MR) is 122 cm³/mol. The molecule has 0 heterocycles. The summed E-state index contributed by atoms with van der Waals surface area (Å²) < 4.78 is 32.4. The van der Waals surface area contributed by atoms with E-state index in [9.17, 15) is 9.59 Å². The number of hydrogen-bond acceptors (Lipinski definition) is 5. The molecule has 4 rings (SSSR count). The fraction of sp³-hybridized carbons (Fsp3) is 0.778. The predicted octanol–water partition coefficient (Wildman–Crippen LogP) is 6.38. The third kappa shape index (κ3) is 4.46. The Bertz CT molecular complexity index is 878. The number of carbonyl (C=O) groups excluding carboxylic acids is 2. The summed E-state index contributed by atoms with van der Waals surface area (Å²) in [5, 5.41) is 0. The maximum atomic E-state index is 15.7. The molecule has 2 fully saturated rings. The Hall–Kier alpha value is -1.85. The van der Waals surface area contributed by atoms with Gasteiger partial charge in [-0.15, -0.1) is 0 Å². The molecule has 0 aromatic heterocycles. The summed E-state index contributed by atoms with van der Waals surface area (Å²) >= 11 is 0. The molecule has 6 atom stereocenters. The fourth-order valence-electron chi connectivity index (χ4n) is 7.35. The Balaban J connectivity index is 1.59. The number of ether oxygens (including phenoxy) is 3. The van der Waals surface area contributed by atoms with E-state index in [1.165, 1.54) is 32.6 Å². The normalized spacial score (nSPS) is 37.2. The smallest absolute Gasteiger partial charge is 0.308 e. The van der Waals surface area contributed by atoms with Crippen LogP contribution in [0.3, 0.4) is 0 Å². The molecule has 2 saturated carbocycles. The van der Waals surface area contributed by atoms with E-state index in [-0.39, 0.29) is 24.3 Å². The molecule has 0 aromatic rings. The van der Waals surface area contributed by atoms with E-state index in [1.807, 2.05) is 6.08 Å². The van der Waals surface area contributed by atoms with Gasteiger partial charge in [-0.25, -0.2) is 4.39 Å². The van der Waals surface area contributed by atoms with Crippen LogP contribution in [0.4, 0.5) is 4.39 Å². The lowest BCUT2D eigenvalue weighted by atomic mass is 9.48. The second-order valence-corrected chi connectivity index (χ2v) is 11.4. The van der Waals surface area contributed by atoms with Gasteiger partial charge in [0.05, 0.1) is 0 Å². The first-order chi connectivity index (χ1) is 15.5. The van der Waals surface area contributed by atoms with Crippen molar-refractivity contribution < 1.29 is 28.2 Å². The van der Waals surface area contributed by atoms with Crippen molar-refractivity contribution in [3.8, 4) is 0 Å². The summed E-state index contributed by atoms with van der Waals surface area (Å²) in [6, 6.07) is 0. The van der Waals surface area contributed by atoms with Crippen LogP contribution in [0, 0.1) is 28.6 Å². The highest BCUT2D eigenvalue weighted by Gasteiger charge is 2.57. The van der Waals surface area contributed by atoms with Gasteiger partial charge in [-0.05, 0) is 72.3 Å². The topological polar surface area (TPSA) is 61.8 Å². The quantitative estimate of drug-likeness (QED) is 0.339. The van der Waals surface area contributed by atoms with Crippen molar-refractivity contribution in [1.82, 2.24) is 0 Å². The molecule has 0 amide bonds. The number of hydrogen-bond donors (Lipinski definition) is 0. The molecule has 5 nitrogen and oxygen atoms in total. The third-order valence-corrected chi connectivity index (χ3v) is 9.06. The van der Waals surface area contributed by atoms with Gasteiger partial charge in [0, 0.05) is 33.1 Å². The number of carbonyl (C=O) groups is 2. The van der Waals surface area contributed by atoms with Crippen LogP contribution >= 0.6 is 0 Å². The summed E-state index contributed by atoms with van der Waals surface area (Å²) in [5.41, 5.74) is 0.939. The van der Waals surface area contributed by atoms with Crippen LogP contribution in [0.25, 0.3) is 0 Å². The average Bonchev–Trinajstić information content (AvgIpc) is 3.15. The van der Waals surface area contributed by atoms with Gasteiger partial charge in [0.25, 0.3) is 5.79 Å². The van der Waals surface area contributed by atoms with Crippen LogP contribution in [0.15, 0.2) is 23.2 Å². The van der Waals surface area contributed by atoms with Gasteiger partial charge in [0.1, 0.15) is 11.6 Å². The van der Waals surface area contributed by atoms with Crippen molar-refractivity contribution in [2.45, 2.75) is 98.2 Å². The molecular weight excluding hydrogens is 423 g/mol. The van der Waals surface area contributed by atoms with Gasteiger partial charge in [-0.3, -0.25) is 9.59 Å². The lowest BCUT2D eigenvalue weighted by Crippen LogP contribution is -2.49. The van der Waals surface area contributed by atoms with E-state index in [1.54, 1.807) is 13.8 Å². The van der Waals surface area contributed by atoms with Crippen molar-refractivity contribution >= 4 is 11.9 Å². The molecule has 0 aromatic carbocycles. The first-order valence-electron chi connectivity index (χ1n) is 12.6. The molecule has 0 bridgehead atoms. The molecule has 0 aliphatic heterocycles. The minimum absolute atomic E-state index is 0.0112. The van der Waals surface area contributed by atoms with Gasteiger partial charge in [0.15, 0.2) is 6.61 Å². The molecule has 1 unspecified atom stereocenters. The van der Waals surface area contributed by atoms with Gasteiger partial charge >= 0.3 is 11.9 Å². The zero-order valence-electron chi connectivity index (χ0n) is 20.8. The molecular formula is C27H39FO5. The summed E-state index contributed by atoms with van der Waals surface area (Å²) in [6.07, 6.45) is 10.2. The monoisotopic (exact) mass is 462 g/mol. The Morgan fingerprint density at radius 3 is 2.64 bits per heavy atom. The number of halogens is 1. The van der Waals surface area contributed by atoms with Gasteiger partial charge in [0.2, 0.25) is 0 Å². The van der Waals surface area contributed by atoms with Crippen LogP contribution in [0.1, 0.15) is 92.4 Å². The number of esters is 2. The average molecular weight is 463 g/mol. The summed E-state index contributed by atoms with van der Waals surface area (Å²) in [5.74, 6) is -0.253. The minimum Gasteiger partial charge on any atom is -0.458 e. The van der Waals surface area contributed by atoms with Crippen molar-refractivity contribution in [2.75, 3.05) is 6.61 Å². The fourth-order valence-corrected chi connectivity index (χ4v) is 7.35. The summed E-state index contributed by atoms with van der Waals surface area (Å²) in [6.45, 7) is 9.02. The van der Waals surface area contributed by atoms with Crippen molar-refractivity contribution in [3.63, 3.8) is 0 Å². The van der Waals surface area contributed by atoms with E-state index < -0.39 is 17.7 Å². The van der Waals surface area contributed by atoms with Gasteiger partial charge in [-0.2, -0.15) is 0 Å². The minimum atomic E-state index is -1.44. The Morgan fingerprint density at radius 1 is 1.18 bits per heavy atom. The van der Waals surface area contributed by atoms with E-state index in [0.29, 0.717) is 41.8 Å². The first-order valence-corrected chi connectivity index (χ1v) is 12.6. The van der Waals surface area contributed by atoms with Gasteiger partial charge in [-0.1, -0.05) is 27.2 Å². The molecule has 4 aliphatic carbocycles. The lowest BCUT2D eigenvalue weighted by molar-refractivity contribution is -0.229. The number of allylic oxidation sites excluding steroid dienone is 4. The zero-order chi connectivity index (χ0) is 24.0. The van der Waals surface area contributed by atoms with Crippen LogP contribution in [0.2, 0.25) is 0 Å². The van der Waals surface area contributed by atoms with Crippen LogP contribution in [0.5, 0.6) is 0 Å². The molecule has 0 N–H and O–H groups in total. The molecule has 33 heavy (non-hydrogen) atoms. The first kappa shape index (κ1) is 24.3. The maximum absolute atomic E-state index is 15.7. The van der Waals surface area contributed by atoms with Crippen molar-refractivity contribution in [1.29, 1.82) is 0 Å². The molecule has 4 aliphatic rings. The third-order valence-electron chi connectivity index (χ3n) is 9.06. The lowest BCUT2D eigenvalue weighted by Gasteiger charge is -2.56. The largest absolute Gasteiger partial charge is 0.458 e. The van der Waals surface area contributed by atoms with Crippen molar-refractivity contribution in [3.05, 3.63) is 23.2 Å². The standard InChI is InChI=1S/C27H39FO5/c1-6-24(30)33-27(5,16-31-17(2)29)32-18-9-13-26(4)21-10-12-25(3)11-7-8-20(25)19(21)15-23(28)22(26)14-18/h14,19-21H,6-13,15-16H2,1-5H3/t19-,20-,21-,25-,26+,27?/m0/s1. The Labute approximate surface area is 197 Å². The highest BCUT2D eigenvalue weighted by atomic mass is 19.1. The van der Waals surface area contributed by atoms with E-state index in [0.717, 1.165) is 18.4 Å². The maximum Gasteiger partial charge on any atom is 0.308 e. The van der Waals surface area contributed by atoms with Crippen molar-refractivity contribution in [2.24, 2.45) is 28.6 Å². The van der Waals surface area contributed by atoms with Crippen LogP contribution in [-0.4, -0.2) is 24.3 Å².